The smallest absolute Gasteiger partial charge is 0.387 e. The number of rotatable bonds is 7. The van der Waals surface area contributed by atoms with Gasteiger partial charge >= 0.3 is 6.61 Å². The molecular formula is C15H19F2N3O. The third kappa shape index (κ3) is 4.82. The zero-order valence-corrected chi connectivity index (χ0v) is 12.1. The number of imidazole rings is 1. The Labute approximate surface area is 122 Å². The second kappa shape index (κ2) is 7.17. The highest BCUT2D eigenvalue weighted by Gasteiger charge is 2.07. The fourth-order valence-corrected chi connectivity index (χ4v) is 1.96. The minimum absolute atomic E-state index is 0.139. The van der Waals surface area contributed by atoms with Gasteiger partial charge in [-0.2, -0.15) is 8.78 Å². The number of aromatic nitrogens is 2. The molecule has 4 nitrogen and oxygen atoms in total. The number of hydrogen-bond acceptors (Lipinski definition) is 3. The van der Waals surface area contributed by atoms with Crippen molar-refractivity contribution in [2.75, 3.05) is 6.54 Å². The lowest BCUT2D eigenvalue weighted by Crippen LogP contribution is -2.25. The molecule has 6 heteroatoms. The van der Waals surface area contributed by atoms with Crippen LogP contribution in [0.4, 0.5) is 8.78 Å². The summed E-state index contributed by atoms with van der Waals surface area (Å²) >= 11 is 0. The van der Waals surface area contributed by atoms with Gasteiger partial charge in [0.1, 0.15) is 11.6 Å². The van der Waals surface area contributed by atoms with Crippen LogP contribution < -0.4 is 10.1 Å². The van der Waals surface area contributed by atoms with E-state index in [2.05, 4.69) is 33.9 Å². The molecule has 0 spiro atoms. The summed E-state index contributed by atoms with van der Waals surface area (Å²) in [6, 6.07) is 6.99. The van der Waals surface area contributed by atoms with E-state index in [1.54, 1.807) is 18.3 Å². The quantitative estimate of drug-likeness (QED) is 0.824. The van der Waals surface area contributed by atoms with Crippen molar-refractivity contribution in [1.29, 1.82) is 0 Å². The topological polar surface area (TPSA) is 49.9 Å². The number of halogens is 2. The minimum Gasteiger partial charge on any atom is -0.435 e. The van der Waals surface area contributed by atoms with Gasteiger partial charge in [-0.1, -0.05) is 26.0 Å². The van der Waals surface area contributed by atoms with Gasteiger partial charge in [-0.15, -0.1) is 0 Å². The number of benzene rings is 1. The molecule has 2 N–H and O–H groups in total. The lowest BCUT2D eigenvalue weighted by Gasteiger charge is -2.06. The fourth-order valence-electron chi connectivity index (χ4n) is 1.96. The van der Waals surface area contributed by atoms with Crippen molar-refractivity contribution in [3.8, 4) is 17.0 Å². The zero-order chi connectivity index (χ0) is 15.2. The molecule has 1 heterocycles. The molecule has 0 radical (unpaired) electrons. The van der Waals surface area contributed by atoms with Crippen LogP contribution in [0.5, 0.6) is 5.75 Å². The molecule has 2 rings (SSSR count). The van der Waals surface area contributed by atoms with Crippen LogP contribution in [0.3, 0.4) is 0 Å². The maximum Gasteiger partial charge on any atom is 0.387 e. The molecule has 0 fully saturated rings. The van der Waals surface area contributed by atoms with E-state index in [4.69, 9.17) is 0 Å². The Hall–Kier alpha value is -1.95. The summed E-state index contributed by atoms with van der Waals surface area (Å²) in [5.74, 6) is 0.999. The first-order chi connectivity index (χ1) is 10.0. The summed E-state index contributed by atoms with van der Waals surface area (Å²) in [5, 5.41) is 3.31. The molecule has 1 aromatic carbocycles. The first-order valence-corrected chi connectivity index (χ1v) is 6.87. The highest BCUT2D eigenvalue weighted by atomic mass is 19.3. The van der Waals surface area contributed by atoms with Crippen molar-refractivity contribution in [2.45, 2.75) is 32.9 Å². The Kier molecular flexibility index (Phi) is 5.27. The second-order valence-electron chi connectivity index (χ2n) is 5.01. The molecule has 2 aromatic rings. The number of ether oxygens (including phenoxy) is 1. The Bertz CT molecular complexity index is 570. The molecule has 0 bridgehead atoms. The Morgan fingerprint density at radius 1 is 1.33 bits per heavy atom. The SMILES string of the molecule is CC(C)NCCc1ncc(-c2cccc(OC(F)F)c2)[nH]1. The van der Waals surface area contributed by atoms with Gasteiger partial charge in [-0.3, -0.25) is 0 Å². The van der Waals surface area contributed by atoms with Crippen molar-refractivity contribution in [2.24, 2.45) is 0 Å². The molecule has 0 unspecified atom stereocenters. The highest BCUT2D eigenvalue weighted by molar-refractivity contribution is 5.60. The third-order valence-corrected chi connectivity index (χ3v) is 2.91. The number of nitrogens with zero attached hydrogens (tertiary/aromatic N) is 1. The van der Waals surface area contributed by atoms with Crippen LogP contribution in [-0.4, -0.2) is 29.2 Å². The standard InChI is InChI=1S/C15H19F2N3O/c1-10(2)18-7-6-14-19-9-13(20-14)11-4-3-5-12(8-11)21-15(16)17/h3-5,8-10,15,18H,6-7H2,1-2H3,(H,19,20). The van der Waals surface area contributed by atoms with E-state index in [1.165, 1.54) is 6.07 Å². The summed E-state index contributed by atoms with van der Waals surface area (Å²) in [5.41, 5.74) is 1.55. The highest BCUT2D eigenvalue weighted by Crippen LogP contribution is 2.23. The van der Waals surface area contributed by atoms with Gasteiger partial charge in [0.2, 0.25) is 0 Å². The van der Waals surface area contributed by atoms with Crippen molar-refractivity contribution in [3.05, 3.63) is 36.3 Å². The third-order valence-electron chi connectivity index (χ3n) is 2.91. The number of H-pyrrole nitrogens is 1. The van der Waals surface area contributed by atoms with E-state index in [0.717, 1.165) is 30.0 Å². The van der Waals surface area contributed by atoms with Gasteiger partial charge in [0.15, 0.2) is 0 Å². The zero-order valence-electron chi connectivity index (χ0n) is 12.1. The van der Waals surface area contributed by atoms with E-state index in [9.17, 15) is 8.78 Å². The first kappa shape index (κ1) is 15.4. The van der Waals surface area contributed by atoms with Crippen LogP contribution in [0.2, 0.25) is 0 Å². The van der Waals surface area contributed by atoms with Crippen LogP contribution in [0.15, 0.2) is 30.5 Å². The monoisotopic (exact) mass is 295 g/mol. The van der Waals surface area contributed by atoms with Gasteiger partial charge in [0.05, 0.1) is 11.9 Å². The molecule has 0 atom stereocenters. The van der Waals surface area contributed by atoms with E-state index in [1.807, 2.05) is 6.07 Å². The number of hydrogen-bond donors (Lipinski definition) is 2. The van der Waals surface area contributed by atoms with E-state index < -0.39 is 6.61 Å². The summed E-state index contributed by atoms with van der Waals surface area (Å²) in [4.78, 5) is 7.49. The largest absolute Gasteiger partial charge is 0.435 e. The molecule has 0 amide bonds. The molecule has 114 valence electrons. The predicted molar refractivity (Wildman–Crippen MR) is 77.5 cm³/mol. The molecular weight excluding hydrogens is 276 g/mol. The molecule has 1 aromatic heterocycles. The van der Waals surface area contributed by atoms with Crippen molar-refractivity contribution < 1.29 is 13.5 Å². The van der Waals surface area contributed by atoms with Gasteiger partial charge in [0, 0.05) is 24.6 Å². The molecule has 0 aliphatic carbocycles. The van der Waals surface area contributed by atoms with Crippen LogP contribution in [0, 0.1) is 0 Å². The van der Waals surface area contributed by atoms with E-state index in [0.29, 0.717) is 6.04 Å². The van der Waals surface area contributed by atoms with Gasteiger partial charge in [-0.25, -0.2) is 4.98 Å². The number of alkyl halides is 2. The van der Waals surface area contributed by atoms with E-state index in [-0.39, 0.29) is 5.75 Å². The van der Waals surface area contributed by atoms with Crippen molar-refractivity contribution >= 4 is 0 Å². The normalized spacial score (nSPS) is 11.3. The average molecular weight is 295 g/mol. The lowest BCUT2D eigenvalue weighted by molar-refractivity contribution is -0.0498. The fraction of sp³-hybridized carbons (Fsp3) is 0.400. The van der Waals surface area contributed by atoms with Gasteiger partial charge in [0.25, 0.3) is 0 Å². The van der Waals surface area contributed by atoms with Crippen LogP contribution in [0.25, 0.3) is 11.3 Å². The summed E-state index contributed by atoms with van der Waals surface area (Å²) in [6.07, 6.45) is 2.48. The minimum atomic E-state index is -2.82. The van der Waals surface area contributed by atoms with Crippen LogP contribution in [0.1, 0.15) is 19.7 Å². The van der Waals surface area contributed by atoms with Gasteiger partial charge < -0.3 is 15.0 Å². The Balaban J connectivity index is 2.03. The van der Waals surface area contributed by atoms with E-state index >= 15 is 0 Å². The maximum absolute atomic E-state index is 12.2. The summed E-state index contributed by atoms with van der Waals surface area (Å²) < 4.78 is 28.8. The summed E-state index contributed by atoms with van der Waals surface area (Å²) in [6.45, 7) is 2.18. The van der Waals surface area contributed by atoms with Gasteiger partial charge in [-0.05, 0) is 12.1 Å². The maximum atomic E-state index is 12.2. The first-order valence-electron chi connectivity index (χ1n) is 6.87. The Morgan fingerprint density at radius 2 is 2.14 bits per heavy atom. The van der Waals surface area contributed by atoms with Crippen molar-refractivity contribution in [1.82, 2.24) is 15.3 Å². The van der Waals surface area contributed by atoms with Crippen LogP contribution >= 0.6 is 0 Å². The molecule has 0 saturated carbocycles. The molecule has 0 aliphatic rings. The lowest BCUT2D eigenvalue weighted by atomic mass is 10.1. The van der Waals surface area contributed by atoms with Crippen molar-refractivity contribution in [3.63, 3.8) is 0 Å². The number of nitrogens with one attached hydrogen (secondary N) is 2. The summed E-state index contributed by atoms with van der Waals surface area (Å²) in [7, 11) is 0. The second-order valence-corrected chi connectivity index (χ2v) is 5.01. The molecule has 0 saturated heterocycles. The van der Waals surface area contributed by atoms with Crippen LogP contribution in [-0.2, 0) is 6.42 Å². The molecule has 21 heavy (non-hydrogen) atoms. The average Bonchev–Trinajstić information content (AvgIpc) is 2.86. The number of aromatic amines is 1. The predicted octanol–water partition coefficient (Wildman–Crippen LogP) is 3.22. The molecule has 0 aliphatic heterocycles. The Morgan fingerprint density at radius 3 is 2.86 bits per heavy atom.